The smallest absolute Gasteiger partial charge is 0.00507 e. The summed E-state index contributed by atoms with van der Waals surface area (Å²) in [6.45, 7) is 4.49. The Morgan fingerprint density at radius 1 is 1.31 bits per heavy atom. The third-order valence-corrected chi connectivity index (χ3v) is 2.80. The fourth-order valence-electron chi connectivity index (χ4n) is 2.02. The van der Waals surface area contributed by atoms with Crippen LogP contribution in [0.2, 0.25) is 0 Å². The van der Waals surface area contributed by atoms with E-state index in [1.807, 2.05) is 0 Å². The summed E-state index contributed by atoms with van der Waals surface area (Å²) in [7, 11) is 2.18. The van der Waals surface area contributed by atoms with Crippen molar-refractivity contribution in [3.63, 3.8) is 0 Å². The third kappa shape index (κ3) is 1.75. The van der Waals surface area contributed by atoms with Crippen LogP contribution in [0, 0.1) is 13.3 Å². The van der Waals surface area contributed by atoms with Crippen LogP contribution in [0.4, 0.5) is 0 Å². The van der Waals surface area contributed by atoms with E-state index in [0.29, 0.717) is 5.92 Å². The Morgan fingerprint density at radius 3 is 2.69 bits per heavy atom. The van der Waals surface area contributed by atoms with E-state index in [4.69, 9.17) is 0 Å². The molecule has 0 spiro atoms. The Morgan fingerprint density at radius 2 is 2.08 bits per heavy atom. The number of aryl methyl sites for hydroxylation is 1. The average molecular weight is 174 g/mol. The molecule has 0 aromatic heterocycles. The molecule has 1 heteroatoms. The van der Waals surface area contributed by atoms with Crippen molar-refractivity contribution in [2.75, 3.05) is 20.1 Å². The number of benzene rings is 1. The zero-order valence-electron chi connectivity index (χ0n) is 8.33. The van der Waals surface area contributed by atoms with Gasteiger partial charge in [-0.1, -0.05) is 24.3 Å². The van der Waals surface area contributed by atoms with Crippen LogP contribution in [0.15, 0.2) is 24.3 Å². The third-order valence-electron chi connectivity index (χ3n) is 2.80. The van der Waals surface area contributed by atoms with Crippen molar-refractivity contribution in [1.29, 1.82) is 0 Å². The van der Waals surface area contributed by atoms with Gasteiger partial charge >= 0.3 is 0 Å². The predicted molar refractivity (Wildman–Crippen MR) is 55.7 cm³/mol. The van der Waals surface area contributed by atoms with Gasteiger partial charge < -0.3 is 4.90 Å². The standard InChI is InChI=1S/C12H16N/c1-10-5-3-4-6-12(10)11-7-8-13(2)9-11/h3-7,11H,8-9H2,1-2H3. The van der Waals surface area contributed by atoms with Gasteiger partial charge in [-0.2, -0.15) is 0 Å². The van der Waals surface area contributed by atoms with Crippen molar-refractivity contribution in [3.05, 3.63) is 41.8 Å². The van der Waals surface area contributed by atoms with Crippen LogP contribution in [0.3, 0.4) is 0 Å². The lowest BCUT2D eigenvalue weighted by molar-refractivity contribution is 0.415. The molecule has 1 radical (unpaired) electrons. The molecule has 0 bridgehead atoms. The quantitative estimate of drug-likeness (QED) is 0.631. The normalized spacial score (nSPS) is 23.7. The van der Waals surface area contributed by atoms with Gasteiger partial charge in [0.2, 0.25) is 0 Å². The fraction of sp³-hybridized carbons (Fsp3) is 0.417. The summed E-state index contributed by atoms with van der Waals surface area (Å²) in [5.74, 6) is 0.645. The number of rotatable bonds is 1. The van der Waals surface area contributed by atoms with E-state index in [9.17, 15) is 0 Å². The summed E-state index contributed by atoms with van der Waals surface area (Å²) in [5.41, 5.74) is 2.91. The minimum absolute atomic E-state index is 0.645. The Kier molecular flexibility index (Phi) is 2.36. The van der Waals surface area contributed by atoms with Gasteiger partial charge in [0.25, 0.3) is 0 Å². The zero-order chi connectivity index (χ0) is 9.26. The molecule has 0 N–H and O–H groups in total. The first-order valence-corrected chi connectivity index (χ1v) is 4.85. The van der Waals surface area contributed by atoms with Crippen LogP contribution < -0.4 is 0 Å². The summed E-state index contributed by atoms with van der Waals surface area (Å²) in [4.78, 5) is 2.36. The molecule has 0 saturated carbocycles. The topological polar surface area (TPSA) is 3.24 Å². The monoisotopic (exact) mass is 174 g/mol. The summed E-state index contributed by atoms with van der Waals surface area (Å²) in [6, 6.07) is 8.68. The molecule has 2 rings (SSSR count). The van der Waals surface area contributed by atoms with Crippen molar-refractivity contribution in [2.45, 2.75) is 12.8 Å². The summed E-state index contributed by atoms with van der Waals surface area (Å²) in [5, 5.41) is 0. The second kappa shape index (κ2) is 3.51. The van der Waals surface area contributed by atoms with E-state index in [-0.39, 0.29) is 0 Å². The minimum Gasteiger partial charge on any atom is -0.305 e. The number of hydrogen-bond donors (Lipinski definition) is 0. The van der Waals surface area contributed by atoms with E-state index in [0.717, 1.165) is 6.54 Å². The number of likely N-dealkylation sites (tertiary alicyclic amines) is 1. The maximum Gasteiger partial charge on any atom is 0.00507 e. The first kappa shape index (κ1) is 8.76. The second-order valence-corrected chi connectivity index (χ2v) is 3.92. The van der Waals surface area contributed by atoms with E-state index in [1.165, 1.54) is 17.7 Å². The van der Waals surface area contributed by atoms with E-state index in [2.05, 4.69) is 49.6 Å². The van der Waals surface area contributed by atoms with Crippen molar-refractivity contribution in [1.82, 2.24) is 4.90 Å². The van der Waals surface area contributed by atoms with Crippen LogP contribution in [0.25, 0.3) is 0 Å². The van der Waals surface area contributed by atoms with Gasteiger partial charge in [-0.3, -0.25) is 0 Å². The molecular formula is C12H16N. The highest BCUT2D eigenvalue weighted by Gasteiger charge is 2.21. The van der Waals surface area contributed by atoms with E-state index >= 15 is 0 Å². The minimum atomic E-state index is 0.645. The van der Waals surface area contributed by atoms with Gasteiger partial charge in [-0.15, -0.1) is 0 Å². The molecule has 1 aromatic rings. The molecular weight excluding hydrogens is 158 g/mol. The summed E-state index contributed by atoms with van der Waals surface area (Å²) >= 11 is 0. The van der Waals surface area contributed by atoms with Gasteiger partial charge in [-0.05, 0) is 31.5 Å². The molecule has 0 amide bonds. The highest BCUT2D eigenvalue weighted by Crippen LogP contribution is 2.27. The van der Waals surface area contributed by atoms with Crippen LogP contribution >= 0.6 is 0 Å². The van der Waals surface area contributed by atoms with Gasteiger partial charge in [-0.25, -0.2) is 0 Å². The van der Waals surface area contributed by atoms with Crippen LogP contribution in [0.5, 0.6) is 0 Å². The van der Waals surface area contributed by atoms with Gasteiger partial charge in [0, 0.05) is 19.0 Å². The van der Waals surface area contributed by atoms with Crippen molar-refractivity contribution >= 4 is 0 Å². The SMILES string of the molecule is Cc1ccccc1C1[CH]CN(C)C1. The lowest BCUT2D eigenvalue weighted by atomic mass is 9.94. The van der Waals surface area contributed by atoms with E-state index < -0.39 is 0 Å². The Bertz CT molecular complexity index is 293. The molecule has 1 saturated heterocycles. The molecule has 1 aliphatic heterocycles. The van der Waals surface area contributed by atoms with Crippen molar-refractivity contribution in [3.8, 4) is 0 Å². The number of likely N-dealkylation sites (N-methyl/N-ethyl adjacent to an activating group) is 1. The van der Waals surface area contributed by atoms with Gasteiger partial charge in [0.1, 0.15) is 0 Å². The molecule has 1 aliphatic rings. The lowest BCUT2D eigenvalue weighted by Crippen LogP contribution is -2.13. The molecule has 1 aromatic carbocycles. The Hall–Kier alpha value is -0.820. The molecule has 0 aliphatic carbocycles. The summed E-state index contributed by atoms with van der Waals surface area (Å²) < 4.78 is 0. The molecule has 1 atom stereocenters. The van der Waals surface area contributed by atoms with Crippen LogP contribution in [0.1, 0.15) is 17.0 Å². The van der Waals surface area contributed by atoms with Gasteiger partial charge in [0.15, 0.2) is 0 Å². The Labute approximate surface area is 80.4 Å². The molecule has 1 heterocycles. The number of nitrogens with zero attached hydrogens (tertiary/aromatic N) is 1. The lowest BCUT2D eigenvalue weighted by Gasteiger charge is -2.12. The Balaban J connectivity index is 2.21. The molecule has 1 nitrogen and oxygen atoms in total. The second-order valence-electron chi connectivity index (χ2n) is 3.92. The molecule has 69 valence electrons. The first-order valence-electron chi connectivity index (χ1n) is 4.85. The van der Waals surface area contributed by atoms with Crippen LogP contribution in [-0.4, -0.2) is 25.0 Å². The van der Waals surface area contributed by atoms with Crippen molar-refractivity contribution in [2.24, 2.45) is 0 Å². The molecule has 13 heavy (non-hydrogen) atoms. The fourth-order valence-corrected chi connectivity index (χ4v) is 2.02. The van der Waals surface area contributed by atoms with Crippen molar-refractivity contribution < 1.29 is 0 Å². The largest absolute Gasteiger partial charge is 0.305 e. The average Bonchev–Trinajstić information content (AvgIpc) is 2.53. The first-order chi connectivity index (χ1) is 6.27. The molecule has 1 unspecified atom stereocenters. The van der Waals surface area contributed by atoms with E-state index in [1.54, 1.807) is 0 Å². The maximum absolute atomic E-state index is 2.41. The highest BCUT2D eigenvalue weighted by molar-refractivity contribution is 5.32. The zero-order valence-corrected chi connectivity index (χ0v) is 8.33. The molecule has 1 fully saturated rings. The summed E-state index contributed by atoms with van der Waals surface area (Å²) in [6.07, 6.45) is 2.41. The van der Waals surface area contributed by atoms with Gasteiger partial charge in [0.05, 0.1) is 0 Å². The predicted octanol–water partition coefficient (Wildman–Crippen LogP) is 2.23. The number of hydrogen-bond acceptors (Lipinski definition) is 1. The maximum atomic E-state index is 2.41. The highest BCUT2D eigenvalue weighted by atomic mass is 15.1. The van der Waals surface area contributed by atoms with Crippen LogP contribution in [-0.2, 0) is 0 Å².